The van der Waals surface area contributed by atoms with E-state index >= 15 is 0 Å². The number of benzene rings is 1. The van der Waals surface area contributed by atoms with Crippen molar-refractivity contribution in [3.8, 4) is 0 Å². The Morgan fingerprint density at radius 1 is 1.38 bits per heavy atom. The van der Waals surface area contributed by atoms with Crippen molar-refractivity contribution < 1.29 is 9.53 Å². The first-order valence-electron chi connectivity index (χ1n) is 8.10. The van der Waals surface area contributed by atoms with Gasteiger partial charge >= 0.3 is 6.03 Å². The van der Waals surface area contributed by atoms with Crippen LogP contribution in [0.3, 0.4) is 0 Å². The molecule has 0 unspecified atom stereocenters. The number of carbonyl (C=O) groups is 1. The van der Waals surface area contributed by atoms with Crippen molar-refractivity contribution in [3.63, 3.8) is 0 Å². The van der Waals surface area contributed by atoms with Crippen LogP contribution >= 0.6 is 11.8 Å². The fourth-order valence-corrected chi connectivity index (χ4v) is 2.99. The van der Waals surface area contributed by atoms with Crippen molar-refractivity contribution in [2.24, 2.45) is 0 Å². The van der Waals surface area contributed by atoms with Gasteiger partial charge in [-0.05, 0) is 12.5 Å². The van der Waals surface area contributed by atoms with Gasteiger partial charge in [-0.2, -0.15) is 0 Å². The molecule has 0 fully saturated rings. The molecular formula is C18H23N5O2S. The van der Waals surface area contributed by atoms with Gasteiger partial charge < -0.3 is 15.8 Å². The molecule has 1 aromatic heterocycles. The molecule has 1 heterocycles. The molecule has 0 aliphatic rings. The number of anilines is 2. The predicted molar refractivity (Wildman–Crippen MR) is 107 cm³/mol. The molecule has 138 valence electrons. The van der Waals surface area contributed by atoms with Crippen LogP contribution in [0.4, 0.5) is 16.3 Å². The van der Waals surface area contributed by atoms with Crippen LogP contribution in [0.25, 0.3) is 0 Å². The molecule has 0 saturated carbocycles. The second-order valence-electron chi connectivity index (χ2n) is 5.56. The number of amides is 2. The summed E-state index contributed by atoms with van der Waals surface area (Å²) in [6.07, 6.45) is 1.49. The first-order valence-corrected chi connectivity index (χ1v) is 9.08. The third kappa shape index (κ3) is 5.75. The van der Waals surface area contributed by atoms with Crippen LogP contribution in [0.1, 0.15) is 24.1 Å². The molecular weight excluding hydrogens is 350 g/mol. The molecule has 2 aromatic rings. The van der Waals surface area contributed by atoms with E-state index in [1.54, 1.807) is 13.2 Å². The summed E-state index contributed by atoms with van der Waals surface area (Å²) in [6, 6.07) is 10.7. The second kappa shape index (κ2) is 9.79. The van der Waals surface area contributed by atoms with Crippen molar-refractivity contribution >= 4 is 34.3 Å². The molecule has 8 heteroatoms. The van der Waals surface area contributed by atoms with Gasteiger partial charge in [-0.15, -0.1) is 11.8 Å². The number of rotatable bonds is 7. The zero-order valence-electron chi connectivity index (χ0n) is 14.8. The summed E-state index contributed by atoms with van der Waals surface area (Å²) in [5, 5.41) is 13.9. The zero-order chi connectivity index (χ0) is 18.9. The number of thioether (sulfide) groups is 1. The molecule has 0 saturated heterocycles. The molecule has 0 radical (unpaired) electrons. The maximum absolute atomic E-state index is 12.1. The lowest BCUT2D eigenvalue weighted by Crippen LogP contribution is -2.31. The van der Waals surface area contributed by atoms with Gasteiger partial charge in [-0.1, -0.05) is 30.3 Å². The Morgan fingerprint density at radius 3 is 2.77 bits per heavy atom. The van der Waals surface area contributed by atoms with E-state index in [-0.39, 0.29) is 12.1 Å². The van der Waals surface area contributed by atoms with E-state index in [9.17, 15) is 4.79 Å². The summed E-state index contributed by atoms with van der Waals surface area (Å²) in [5.41, 5.74) is 7.93. The zero-order valence-corrected chi connectivity index (χ0v) is 15.6. The van der Waals surface area contributed by atoms with Crippen LogP contribution in [0.15, 0.2) is 42.6 Å². The summed E-state index contributed by atoms with van der Waals surface area (Å²) in [4.78, 5) is 16.3. The SMILES string of the molecule is COCCSC(=N)c1cnc(NC(=O)N[C@H](C)c2ccccc2)cc1N. The van der Waals surface area contributed by atoms with E-state index in [0.29, 0.717) is 34.5 Å². The molecule has 0 aliphatic carbocycles. The summed E-state index contributed by atoms with van der Waals surface area (Å²) in [7, 11) is 1.62. The number of carbonyl (C=O) groups excluding carboxylic acids is 1. The first kappa shape index (κ1) is 19.7. The maximum Gasteiger partial charge on any atom is 0.320 e. The number of ether oxygens (including phenoxy) is 1. The fraction of sp³-hybridized carbons (Fsp3) is 0.278. The van der Waals surface area contributed by atoms with Crippen LogP contribution in [0, 0.1) is 5.41 Å². The van der Waals surface area contributed by atoms with E-state index in [0.717, 1.165) is 5.56 Å². The highest BCUT2D eigenvalue weighted by Crippen LogP contribution is 2.20. The predicted octanol–water partition coefficient (Wildman–Crippen LogP) is 3.25. The smallest absolute Gasteiger partial charge is 0.320 e. The minimum absolute atomic E-state index is 0.141. The number of methoxy groups -OCH3 is 1. The van der Waals surface area contributed by atoms with Gasteiger partial charge in [0.1, 0.15) is 5.82 Å². The monoisotopic (exact) mass is 373 g/mol. The van der Waals surface area contributed by atoms with E-state index in [2.05, 4.69) is 15.6 Å². The molecule has 7 nitrogen and oxygen atoms in total. The number of hydrogen-bond donors (Lipinski definition) is 4. The van der Waals surface area contributed by atoms with Gasteiger partial charge in [0.05, 0.1) is 17.7 Å². The highest BCUT2D eigenvalue weighted by molar-refractivity contribution is 8.14. The molecule has 2 rings (SSSR count). The maximum atomic E-state index is 12.1. The average molecular weight is 373 g/mol. The normalized spacial score (nSPS) is 11.6. The topological polar surface area (TPSA) is 113 Å². The molecule has 0 spiro atoms. The third-order valence-corrected chi connectivity index (χ3v) is 4.48. The fourth-order valence-electron chi connectivity index (χ4n) is 2.21. The Labute approximate surface area is 157 Å². The lowest BCUT2D eigenvalue weighted by molar-refractivity contribution is 0.219. The number of nitrogens with two attached hydrogens (primary N) is 1. The molecule has 1 atom stereocenters. The van der Waals surface area contributed by atoms with Crippen LogP contribution in [0.5, 0.6) is 0 Å². The van der Waals surface area contributed by atoms with Crippen molar-refractivity contribution in [1.29, 1.82) is 5.41 Å². The lowest BCUT2D eigenvalue weighted by atomic mass is 10.1. The largest absolute Gasteiger partial charge is 0.398 e. The molecule has 1 aromatic carbocycles. The molecule has 5 N–H and O–H groups in total. The molecule has 0 aliphatic heterocycles. The average Bonchev–Trinajstić information content (AvgIpc) is 2.62. The van der Waals surface area contributed by atoms with Crippen molar-refractivity contribution in [2.45, 2.75) is 13.0 Å². The highest BCUT2D eigenvalue weighted by atomic mass is 32.2. The third-order valence-electron chi connectivity index (χ3n) is 3.60. The summed E-state index contributed by atoms with van der Waals surface area (Å²) in [6.45, 7) is 2.46. The minimum Gasteiger partial charge on any atom is -0.398 e. The van der Waals surface area contributed by atoms with Gasteiger partial charge in [0.25, 0.3) is 0 Å². The quantitative estimate of drug-likeness (QED) is 0.338. The van der Waals surface area contributed by atoms with E-state index in [1.165, 1.54) is 18.0 Å². The van der Waals surface area contributed by atoms with Crippen LogP contribution < -0.4 is 16.4 Å². The standard InChI is InChI=1S/C18H23N5O2S/c1-12(13-6-4-3-5-7-13)22-18(24)23-16-10-15(19)14(11-21-16)17(20)26-9-8-25-2/h3-7,10-12,20H,8-9H2,1-2H3,(H4,19,21,22,23,24)/t12-/m1/s1. The number of nitrogen functional groups attached to an aromatic ring is 1. The summed E-state index contributed by atoms with van der Waals surface area (Å²) < 4.78 is 4.97. The van der Waals surface area contributed by atoms with Gasteiger partial charge in [-0.3, -0.25) is 10.7 Å². The number of nitrogens with one attached hydrogen (secondary N) is 3. The number of urea groups is 1. The Hall–Kier alpha value is -2.58. The number of hydrogen-bond acceptors (Lipinski definition) is 6. The van der Waals surface area contributed by atoms with Crippen molar-refractivity contribution in [3.05, 3.63) is 53.7 Å². The minimum atomic E-state index is -0.370. The second-order valence-corrected chi connectivity index (χ2v) is 6.66. The lowest BCUT2D eigenvalue weighted by Gasteiger charge is -2.15. The van der Waals surface area contributed by atoms with E-state index < -0.39 is 0 Å². The van der Waals surface area contributed by atoms with Crippen LogP contribution in [-0.4, -0.2) is 35.5 Å². The van der Waals surface area contributed by atoms with Gasteiger partial charge in [0.2, 0.25) is 0 Å². The van der Waals surface area contributed by atoms with E-state index in [4.69, 9.17) is 15.9 Å². The number of aromatic nitrogens is 1. The van der Waals surface area contributed by atoms with Crippen LogP contribution in [-0.2, 0) is 4.74 Å². The number of pyridine rings is 1. The summed E-state index contributed by atoms with van der Waals surface area (Å²) >= 11 is 1.33. The number of nitrogens with zero attached hydrogens (tertiary/aromatic N) is 1. The molecule has 0 bridgehead atoms. The van der Waals surface area contributed by atoms with Gasteiger partial charge in [-0.25, -0.2) is 9.78 Å². The Morgan fingerprint density at radius 2 is 2.12 bits per heavy atom. The Kier molecular flexibility index (Phi) is 7.43. The van der Waals surface area contributed by atoms with Gasteiger partial charge in [0, 0.05) is 36.4 Å². The first-order chi connectivity index (χ1) is 12.5. The van der Waals surface area contributed by atoms with Crippen LogP contribution in [0.2, 0.25) is 0 Å². The van der Waals surface area contributed by atoms with Crippen molar-refractivity contribution in [1.82, 2.24) is 10.3 Å². The molecule has 2 amide bonds. The Balaban J connectivity index is 1.94. The van der Waals surface area contributed by atoms with E-state index in [1.807, 2.05) is 37.3 Å². The van der Waals surface area contributed by atoms with Crippen molar-refractivity contribution in [2.75, 3.05) is 30.5 Å². The highest BCUT2D eigenvalue weighted by Gasteiger charge is 2.12. The van der Waals surface area contributed by atoms with Gasteiger partial charge in [0.15, 0.2) is 0 Å². The Bertz CT molecular complexity index is 755. The summed E-state index contributed by atoms with van der Waals surface area (Å²) in [5.74, 6) is 0.993. The molecule has 26 heavy (non-hydrogen) atoms.